The number of carbonyl (C=O) groups is 2. The molecule has 1 aliphatic heterocycles. The van der Waals surface area contributed by atoms with E-state index < -0.39 is 11.7 Å². The number of halogens is 2. The van der Waals surface area contributed by atoms with Gasteiger partial charge in [0.2, 0.25) is 17.6 Å². The third-order valence-corrected chi connectivity index (χ3v) is 7.13. The number of carbonyl (C=O) groups excluding carboxylic acids is 2. The summed E-state index contributed by atoms with van der Waals surface area (Å²) in [5.41, 5.74) is 0.00782. The Morgan fingerprint density at radius 3 is 2.55 bits per heavy atom. The van der Waals surface area contributed by atoms with Crippen molar-refractivity contribution >= 4 is 29.7 Å². The second-order valence-corrected chi connectivity index (χ2v) is 9.71. The molecule has 2 N–H and O–H groups in total. The number of anilines is 1. The Morgan fingerprint density at radius 2 is 1.94 bits per heavy atom. The molecule has 3 rings (SSSR count). The fourth-order valence-corrected chi connectivity index (χ4v) is 5.03. The maximum Gasteiger partial charge on any atom is 0.233 e. The highest BCUT2D eigenvalue weighted by atomic mass is 35.5. The van der Waals surface area contributed by atoms with E-state index in [2.05, 4.69) is 34.0 Å². The van der Waals surface area contributed by atoms with Crippen LogP contribution in [-0.4, -0.2) is 76.2 Å². The van der Waals surface area contributed by atoms with Crippen LogP contribution in [-0.2, 0) is 16.1 Å². The minimum absolute atomic E-state index is 0.00782. The van der Waals surface area contributed by atoms with Gasteiger partial charge in [-0.25, -0.2) is 14.4 Å². The summed E-state index contributed by atoms with van der Waals surface area (Å²) in [5.74, 6) is -1.05. The topological polar surface area (TPSA) is 102 Å². The lowest BCUT2D eigenvalue weighted by atomic mass is 9.92. The number of nitrogens with zero attached hydrogens (tertiary/aromatic N) is 5. The zero-order valence-corrected chi connectivity index (χ0v) is 20.3. The number of amides is 2. The maximum atomic E-state index is 15.3. The number of rotatable bonds is 9. The summed E-state index contributed by atoms with van der Waals surface area (Å²) in [4.78, 5) is 36.0. The molecule has 0 unspecified atom stereocenters. The zero-order valence-electron chi connectivity index (χ0n) is 19.5. The van der Waals surface area contributed by atoms with Gasteiger partial charge < -0.3 is 10.2 Å². The molecule has 2 heterocycles. The molecule has 0 radical (unpaired) electrons. The van der Waals surface area contributed by atoms with Crippen LogP contribution in [0, 0.1) is 17.7 Å². The molecule has 184 valence electrons. The molecule has 1 saturated heterocycles. The van der Waals surface area contributed by atoms with Crippen LogP contribution in [0.5, 0.6) is 0 Å². The second kappa shape index (κ2) is 11.4. The van der Waals surface area contributed by atoms with E-state index in [-0.39, 0.29) is 54.3 Å². The van der Waals surface area contributed by atoms with Crippen LogP contribution < -0.4 is 10.2 Å². The van der Waals surface area contributed by atoms with Crippen molar-refractivity contribution in [1.82, 2.24) is 25.2 Å². The monoisotopic (exact) mass is 484 g/mol. The first-order valence-electron chi connectivity index (χ1n) is 11.6. The molecule has 2 aliphatic rings. The summed E-state index contributed by atoms with van der Waals surface area (Å²) in [6.45, 7) is 5.06. The van der Waals surface area contributed by atoms with Gasteiger partial charge in [-0.2, -0.15) is 4.98 Å². The first-order valence-corrected chi connectivity index (χ1v) is 11.9. The average molecular weight is 485 g/mol. The van der Waals surface area contributed by atoms with Crippen LogP contribution >= 0.6 is 11.6 Å². The van der Waals surface area contributed by atoms with Crippen molar-refractivity contribution < 1.29 is 19.2 Å². The third kappa shape index (κ3) is 6.51. The zero-order chi connectivity index (χ0) is 24.1. The highest BCUT2D eigenvalue weighted by Crippen LogP contribution is 2.31. The highest BCUT2D eigenvalue weighted by molar-refractivity contribution is 6.28. The van der Waals surface area contributed by atoms with Crippen molar-refractivity contribution in [2.24, 2.45) is 11.8 Å². The number of hydrogen-bond donors (Lipinski definition) is 2. The fourth-order valence-electron chi connectivity index (χ4n) is 4.85. The second-order valence-electron chi connectivity index (χ2n) is 9.37. The van der Waals surface area contributed by atoms with Gasteiger partial charge in [-0.05, 0) is 44.8 Å². The van der Waals surface area contributed by atoms with E-state index in [4.69, 9.17) is 11.6 Å². The molecule has 3 atom stereocenters. The van der Waals surface area contributed by atoms with Gasteiger partial charge in [-0.1, -0.05) is 25.7 Å². The van der Waals surface area contributed by atoms with E-state index in [1.54, 1.807) is 0 Å². The van der Waals surface area contributed by atoms with Crippen molar-refractivity contribution in [3.63, 3.8) is 0 Å². The van der Waals surface area contributed by atoms with Gasteiger partial charge in [-0.15, -0.1) is 0 Å². The molecule has 11 heteroatoms. The van der Waals surface area contributed by atoms with E-state index in [0.717, 1.165) is 25.7 Å². The van der Waals surface area contributed by atoms with E-state index in [9.17, 15) is 14.8 Å². The smallest absolute Gasteiger partial charge is 0.233 e. The summed E-state index contributed by atoms with van der Waals surface area (Å²) in [6.07, 6.45) is 5.13. The molecule has 1 aliphatic carbocycles. The van der Waals surface area contributed by atoms with Gasteiger partial charge >= 0.3 is 0 Å². The minimum Gasteiger partial charge on any atom is -0.351 e. The number of aromatic nitrogens is 2. The van der Waals surface area contributed by atoms with Crippen molar-refractivity contribution in [1.29, 1.82) is 0 Å². The van der Waals surface area contributed by atoms with Crippen molar-refractivity contribution in [2.75, 3.05) is 31.6 Å². The third-order valence-electron chi connectivity index (χ3n) is 6.96. The lowest BCUT2D eigenvalue weighted by Gasteiger charge is -2.43. The Morgan fingerprint density at radius 1 is 1.30 bits per heavy atom. The molecule has 0 bridgehead atoms. The Labute approximate surface area is 199 Å². The molecule has 9 nitrogen and oxygen atoms in total. The Hall–Kier alpha value is -2.04. The Kier molecular flexibility index (Phi) is 8.83. The predicted octanol–water partition coefficient (Wildman–Crippen LogP) is 2.46. The van der Waals surface area contributed by atoms with Crippen molar-refractivity contribution in [2.45, 2.75) is 64.6 Å². The summed E-state index contributed by atoms with van der Waals surface area (Å²) in [7, 11) is 2.04. The van der Waals surface area contributed by atoms with Crippen LogP contribution in [0.15, 0.2) is 0 Å². The van der Waals surface area contributed by atoms with Gasteiger partial charge in [-0.3, -0.25) is 19.7 Å². The average Bonchev–Trinajstić information content (AvgIpc) is 3.29. The van der Waals surface area contributed by atoms with Crippen LogP contribution in [0.25, 0.3) is 0 Å². The van der Waals surface area contributed by atoms with Crippen LogP contribution in [0.3, 0.4) is 0 Å². The number of nitrogens with one attached hydrogen (secondary N) is 1. The summed E-state index contributed by atoms with van der Waals surface area (Å²) in [6, 6.07) is 0.418. The Bertz CT molecular complexity index is 829. The molecule has 1 aromatic heterocycles. The van der Waals surface area contributed by atoms with E-state index >= 15 is 4.39 Å². The first kappa shape index (κ1) is 25.6. The van der Waals surface area contributed by atoms with E-state index in [1.165, 1.54) is 0 Å². The molecule has 1 saturated carbocycles. The molecule has 1 aromatic rings. The van der Waals surface area contributed by atoms with E-state index in [0.29, 0.717) is 30.5 Å². The lowest BCUT2D eigenvalue weighted by molar-refractivity contribution is -0.155. The van der Waals surface area contributed by atoms with E-state index in [1.807, 2.05) is 11.9 Å². The van der Waals surface area contributed by atoms with Crippen molar-refractivity contribution in [3.05, 3.63) is 16.8 Å². The molecule has 33 heavy (non-hydrogen) atoms. The van der Waals surface area contributed by atoms with Crippen LogP contribution in [0.2, 0.25) is 5.28 Å². The van der Waals surface area contributed by atoms with Gasteiger partial charge in [0.25, 0.3) is 0 Å². The first-order chi connectivity index (χ1) is 15.7. The SMILES string of the molecule is C[C@H]1CN(c2nc(Cl)nc(CNC(=O)[C@H](CC3CCCC3)CN(O)C=O)c2F)C[C@H](C)N1C. The largest absolute Gasteiger partial charge is 0.351 e. The Balaban J connectivity index is 1.71. The van der Waals surface area contributed by atoms with Crippen LogP contribution in [0.1, 0.15) is 51.6 Å². The predicted molar refractivity (Wildman–Crippen MR) is 122 cm³/mol. The minimum atomic E-state index is -0.604. The fraction of sp³-hybridized carbons (Fsp3) is 0.727. The number of likely N-dealkylation sites (N-methyl/N-ethyl adjacent to an activating group) is 1. The molecule has 2 amide bonds. The number of hydroxylamine groups is 2. The van der Waals surface area contributed by atoms with Gasteiger partial charge in [0, 0.05) is 25.2 Å². The van der Waals surface area contributed by atoms with Crippen molar-refractivity contribution in [3.8, 4) is 0 Å². The molecule has 0 spiro atoms. The molecular weight excluding hydrogens is 451 g/mol. The number of piperazine rings is 1. The normalized spacial score (nSPS) is 22.9. The summed E-state index contributed by atoms with van der Waals surface area (Å²) < 4.78 is 15.3. The van der Waals surface area contributed by atoms with Crippen LogP contribution in [0.4, 0.5) is 10.2 Å². The molecule has 0 aromatic carbocycles. The molecular formula is C22H34ClFN6O3. The van der Waals surface area contributed by atoms with Gasteiger partial charge in [0.05, 0.1) is 19.0 Å². The lowest BCUT2D eigenvalue weighted by Crippen LogP contribution is -2.55. The number of hydrogen-bond acceptors (Lipinski definition) is 7. The standard InChI is InChI=1S/C22H34ClFN6O3/c1-14-10-29(11-15(2)28(14)3)20-19(24)18(26-22(23)27-20)9-25-21(32)17(12-30(33)13-31)8-16-6-4-5-7-16/h13-17,33H,4-12H2,1-3H3,(H,25,32)/t14-,15-,17+/m0/s1. The molecule has 2 fully saturated rings. The quantitative estimate of drug-likeness (QED) is 0.240. The summed E-state index contributed by atoms with van der Waals surface area (Å²) in [5, 5.41) is 12.8. The van der Waals surface area contributed by atoms with Gasteiger partial charge in [0.15, 0.2) is 11.6 Å². The highest BCUT2D eigenvalue weighted by Gasteiger charge is 2.31. The summed E-state index contributed by atoms with van der Waals surface area (Å²) >= 11 is 6.10. The maximum absolute atomic E-state index is 15.3. The van der Waals surface area contributed by atoms with Gasteiger partial charge in [0.1, 0.15) is 5.69 Å².